The van der Waals surface area contributed by atoms with Crippen LogP contribution in [0.15, 0.2) is 6.08 Å². The van der Waals surface area contributed by atoms with Gasteiger partial charge in [-0.3, -0.25) is 0 Å². The zero-order valence-electron chi connectivity index (χ0n) is 12.5. The fraction of sp³-hybridized carbons (Fsp3) is 0.867. The molecule has 0 N–H and O–H groups in total. The summed E-state index contributed by atoms with van der Waals surface area (Å²) in [4.78, 5) is 0. The molecular formula is C15H31OSi. The van der Waals surface area contributed by atoms with E-state index in [9.17, 15) is 0 Å². The summed E-state index contributed by atoms with van der Waals surface area (Å²) < 4.78 is 6.64. The largest absolute Gasteiger partial charge is 0.411 e. The summed E-state index contributed by atoms with van der Waals surface area (Å²) in [5.74, 6) is 0. The van der Waals surface area contributed by atoms with Gasteiger partial charge in [-0.15, -0.1) is 0 Å². The first-order chi connectivity index (χ1) is 8.01. The number of unbranched alkanes of at least 4 members (excludes halogenated alkanes) is 1. The summed E-state index contributed by atoms with van der Waals surface area (Å²) in [6.07, 6.45) is 6.23. The first-order valence-corrected chi connectivity index (χ1v) is 9.78. The average molecular weight is 255 g/mol. The molecule has 2 heteroatoms. The van der Waals surface area contributed by atoms with Crippen molar-refractivity contribution in [3.63, 3.8) is 0 Å². The molecule has 0 fully saturated rings. The van der Waals surface area contributed by atoms with Gasteiger partial charge in [0, 0.05) is 0 Å². The normalized spacial score (nSPS) is 15.6. The third-order valence-electron chi connectivity index (χ3n) is 4.00. The molecule has 0 aliphatic carbocycles. The highest BCUT2D eigenvalue weighted by Crippen LogP contribution is 2.33. The second-order valence-electron chi connectivity index (χ2n) is 5.34. The Hall–Kier alpha value is -0.0831. The van der Waals surface area contributed by atoms with E-state index in [0.717, 1.165) is 12.8 Å². The lowest BCUT2D eigenvalue weighted by atomic mass is 9.96. The third kappa shape index (κ3) is 5.39. The Bertz CT molecular complexity index is 203. The van der Waals surface area contributed by atoms with E-state index in [4.69, 9.17) is 11.0 Å². The van der Waals surface area contributed by atoms with Crippen molar-refractivity contribution >= 4 is 8.32 Å². The average Bonchev–Trinajstić information content (AvgIpc) is 2.34. The van der Waals surface area contributed by atoms with Gasteiger partial charge in [0.25, 0.3) is 0 Å². The molecule has 0 heterocycles. The maximum atomic E-state index is 6.64. The van der Waals surface area contributed by atoms with E-state index in [1.807, 2.05) is 0 Å². The smallest absolute Gasteiger partial charge is 0.192 e. The highest BCUT2D eigenvalue weighted by atomic mass is 28.4. The van der Waals surface area contributed by atoms with Gasteiger partial charge in [0.05, 0.1) is 5.60 Å². The third-order valence-corrected chi connectivity index (χ3v) is 8.80. The summed E-state index contributed by atoms with van der Waals surface area (Å²) in [5.41, 5.74) is -0.0288. The Morgan fingerprint density at radius 2 is 1.65 bits per heavy atom. The van der Waals surface area contributed by atoms with Crippen LogP contribution >= 0.6 is 0 Å². The molecule has 0 rings (SSSR count). The van der Waals surface area contributed by atoms with Crippen molar-refractivity contribution in [1.82, 2.24) is 0 Å². The molecule has 101 valence electrons. The van der Waals surface area contributed by atoms with Crippen molar-refractivity contribution in [3.05, 3.63) is 12.7 Å². The molecule has 0 amide bonds. The molecule has 0 bridgehead atoms. The summed E-state index contributed by atoms with van der Waals surface area (Å²) in [5, 5.41) is 0. The van der Waals surface area contributed by atoms with Crippen LogP contribution in [0.4, 0.5) is 0 Å². The maximum absolute atomic E-state index is 6.64. The lowest BCUT2D eigenvalue weighted by molar-refractivity contribution is 0.0666. The Morgan fingerprint density at radius 3 is 2.00 bits per heavy atom. The van der Waals surface area contributed by atoms with E-state index in [-0.39, 0.29) is 5.60 Å². The highest BCUT2D eigenvalue weighted by Gasteiger charge is 2.36. The fourth-order valence-corrected chi connectivity index (χ4v) is 5.65. The molecule has 1 atom stereocenters. The van der Waals surface area contributed by atoms with E-state index in [1.54, 1.807) is 6.08 Å². The van der Waals surface area contributed by atoms with Crippen molar-refractivity contribution in [1.29, 1.82) is 0 Å². The summed E-state index contributed by atoms with van der Waals surface area (Å²) in [6.45, 7) is 17.0. The van der Waals surface area contributed by atoms with Crippen molar-refractivity contribution in [3.8, 4) is 0 Å². The van der Waals surface area contributed by atoms with Crippen molar-refractivity contribution in [2.75, 3.05) is 0 Å². The number of rotatable bonds is 10. The van der Waals surface area contributed by atoms with E-state index in [2.05, 4.69) is 34.6 Å². The van der Waals surface area contributed by atoms with Gasteiger partial charge in [-0.1, -0.05) is 53.2 Å². The molecule has 0 aliphatic rings. The van der Waals surface area contributed by atoms with E-state index < -0.39 is 8.32 Å². The molecule has 0 aromatic carbocycles. The SMILES string of the molecule is [CH]=CCC(C)(CCCC)O[Si](CC)(CC)CC. The van der Waals surface area contributed by atoms with Crippen LogP contribution in [0, 0.1) is 6.58 Å². The van der Waals surface area contributed by atoms with Gasteiger partial charge in [0.15, 0.2) is 8.32 Å². The predicted molar refractivity (Wildman–Crippen MR) is 79.7 cm³/mol. The van der Waals surface area contributed by atoms with Gasteiger partial charge in [0.2, 0.25) is 0 Å². The molecule has 0 aromatic heterocycles. The fourth-order valence-electron chi connectivity index (χ4n) is 2.48. The second-order valence-corrected chi connectivity index (χ2v) is 10.0. The van der Waals surface area contributed by atoms with E-state index in [1.165, 1.54) is 31.0 Å². The standard InChI is InChI=1S/C15H31OSi/c1-7-12-14-15(6,13-8-2)16-17(9-3,10-4)11-5/h2,8H,7,9-14H2,1,3-6H3. The monoisotopic (exact) mass is 255 g/mol. The number of hydrogen-bond acceptors (Lipinski definition) is 1. The first kappa shape index (κ1) is 16.9. The minimum atomic E-state index is -1.52. The Kier molecular flexibility index (Phi) is 8.06. The van der Waals surface area contributed by atoms with E-state index >= 15 is 0 Å². The zero-order chi connectivity index (χ0) is 13.4. The molecule has 1 unspecified atom stereocenters. The summed E-state index contributed by atoms with van der Waals surface area (Å²) in [7, 11) is -1.52. The molecule has 0 saturated carbocycles. The van der Waals surface area contributed by atoms with Gasteiger partial charge in [-0.05, 0) is 37.9 Å². The lowest BCUT2D eigenvalue weighted by Gasteiger charge is -2.40. The van der Waals surface area contributed by atoms with Gasteiger partial charge in [-0.25, -0.2) is 0 Å². The van der Waals surface area contributed by atoms with Crippen molar-refractivity contribution in [2.45, 2.75) is 84.0 Å². The van der Waals surface area contributed by atoms with Crippen LogP contribution < -0.4 is 0 Å². The molecule has 1 radical (unpaired) electrons. The van der Waals surface area contributed by atoms with Crippen LogP contribution in [-0.4, -0.2) is 13.9 Å². The molecule has 17 heavy (non-hydrogen) atoms. The van der Waals surface area contributed by atoms with E-state index in [0.29, 0.717) is 0 Å². The van der Waals surface area contributed by atoms with Gasteiger partial charge < -0.3 is 4.43 Å². The molecular weight excluding hydrogens is 224 g/mol. The van der Waals surface area contributed by atoms with Crippen LogP contribution in [0.2, 0.25) is 18.1 Å². The molecule has 0 aromatic rings. The predicted octanol–water partition coefficient (Wildman–Crippen LogP) is 5.34. The maximum Gasteiger partial charge on any atom is 0.192 e. The molecule has 0 aliphatic heterocycles. The zero-order valence-corrected chi connectivity index (χ0v) is 13.5. The molecule has 0 spiro atoms. The minimum absolute atomic E-state index is 0.0288. The summed E-state index contributed by atoms with van der Waals surface area (Å²) >= 11 is 0. The van der Waals surface area contributed by atoms with Crippen LogP contribution in [0.3, 0.4) is 0 Å². The number of hydrogen-bond donors (Lipinski definition) is 0. The first-order valence-electron chi connectivity index (χ1n) is 7.25. The van der Waals surface area contributed by atoms with Crippen molar-refractivity contribution < 1.29 is 4.43 Å². The van der Waals surface area contributed by atoms with Crippen LogP contribution in [0.1, 0.15) is 60.3 Å². The Labute approximate surface area is 110 Å². The second kappa shape index (κ2) is 8.10. The minimum Gasteiger partial charge on any atom is -0.411 e. The van der Waals surface area contributed by atoms with Crippen LogP contribution in [0.25, 0.3) is 0 Å². The lowest BCUT2D eigenvalue weighted by Crippen LogP contribution is -2.45. The Morgan fingerprint density at radius 1 is 1.12 bits per heavy atom. The van der Waals surface area contributed by atoms with Crippen LogP contribution in [-0.2, 0) is 4.43 Å². The van der Waals surface area contributed by atoms with Gasteiger partial charge in [0.1, 0.15) is 0 Å². The Balaban J connectivity index is 4.74. The summed E-state index contributed by atoms with van der Waals surface area (Å²) in [6, 6.07) is 3.64. The topological polar surface area (TPSA) is 9.23 Å². The quantitative estimate of drug-likeness (QED) is 0.479. The van der Waals surface area contributed by atoms with Crippen molar-refractivity contribution in [2.24, 2.45) is 0 Å². The molecule has 1 nitrogen and oxygen atoms in total. The van der Waals surface area contributed by atoms with Gasteiger partial charge >= 0.3 is 0 Å². The molecule has 0 saturated heterocycles. The van der Waals surface area contributed by atoms with Gasteiger partial charge in [-0.2, -0.15) is 0 Å². The highest BCUT2D eigenvalue weighted by molar-refractivity contribution is 6.73. The van der Waals surface area contributed by atoms with Crippen LogP contribution in [0.5, 0.6) is 0 Å².